The fourth-order valence-electron chi connectivity index (χ4n) is 5.56. The molecule has 6 nitrogen and oxygen atoms in total. The number of hydrogen-bond acceptors (Lipinski definition) is 5. The summed E-state index contributed by atoms with van der Waals surface area (Å²) in [5, 5.41) is 13.4. The highest BCUT2D eigenvalue weighted by Gasteiger charge is 2.51. The molecule has 6 unspecified atom stereocenters. The molecule has 1 saturated carbocycles. The molecule has 6 atom stereocenters. The summed E-state index contributed by atoms with van der Waals surface area (Å²) in [5.74, 6) is 0.271. The Labute approximate surface area is 183 Å². The molecule has 1 aliphatic carbocycles. The Morgan fingerprint density at radius 1 is 0.968 bits per heavy atom. The zero-order valence-electron chi connectivity index (χ0n) is 17.6. The second kappa shape index (κ2) is 8.91. The quantitative estimate of drug-likeness (QED) is 0.595. The molecule has 0 spiro atoms. The van der Waals surface area contributed by atoms with E-state index >= 15 is 0 Å². The Hall–Kier alpha value is -2.54. The van der Waals surface area contributed by atoms with Crippen molar-refractivity contribution in [1.29, 1.82) is 0 Å². The van der Waals surface area contributed by atoms with Crippen LogP contribution in [-0.4, -0.2) is 37.2 Å². The molecule has 3 fully saturated rings. The summed E-state index contributed by atoms with van der Waals surface area (Å²) >= 11 is 0. The van der Waals surface area contributed by atoms with Gasteiger partial charge in [0, 0.05) is 25.4 Å². The number of nitrogens with one attached hydrogen (secondary N) is 4. The Morgan fingerprint density at radius 3 is 2.48 bits per heavy atom. The Balaban J connectivity index is 1.24. The molecule has 162 valence electrons. The standard InChI is InChI=1S/C25H30N4O2/c30-21-14-18(17-9-5-2-6-10-17)13-19-20(21)15-27-23-22(19)24(31)29-25(28-23)26-12-11-16-7-3-1-4-8-16/h1-10,18-20,22-23,25-28H,11-15H2,(H,29,31). The average molecular weight is 419 g/mol. The second-order valence-corrected chi connectivity index (χ2v) is 8.99. The number of carbonyl (C=O) groups is 2. The third-order valence-corrected chi connectivity index (χ3v) is 7.12. The van der Waals surface area contributed by atoms with Crippen molar-refractivity contribution >= 4 is 11.7 Å². The molecule has 31 heavy (non-hydrogen) atoms. The van der Waals surface area contributed by atoms with Crippen LogP contribution >= 0.6 is 0 Å². The number of amides is 1. The number of benzene rings is 2. The molecule has 0 aromatic heterocycles. The number of ketones is 1. The number of rotatable bonds is 5. The third-order valence-electron chi connectivity index (χ3n) is 7.12. The maximum atomic E-state index is 13.1. The van der Waals surface area contributed by atoms with Gasteiger partial charge in [-0.25, -0.2) is 0 Å². The lowest BCUT2D eigenvalue weighted by Gasteiger charge is -2.50. The van der Waals surface area contributed by atoms with Crippen LogP contribution in [0.4, 0.5) is 0 Å². The number of Topliss-reactive ketones (excluding diaryl/α,β-unsaturated/α-hetero) is 1. The van der Waals surface area contributed by atoms with E-state index in [1.807, 2.05) is 36.4 Å². The van der Waals surface area contributed by atoms with Gasteiger partial charge in [-0.15, -0.1) is 0 Å². The molecule has 2 heterocycles. The molecule has 6 heteroatoms. The van der Waals surface area contributed by atoms with Gasteiger partial charge in [-0.3, -0.25) is 20.2 Å². The van der Waals surface area contributed by atoms with Gasteiger partial charge in [0.25, 0.3) is 0 Å². The molecule has 0 radical (unpaired) electrons. The van der Waals surface area contributed by atoms with Crippen LogP contribution in [0.5, 0.6) is 0 Å². The molecule has 2 aromatic rings. The Kier molecular flexibility index (Phi) is 5.85. The largest absolute Gasteiger partial charge is 0.328 e. The highest BCUT2D eigenvalue weighted by Crippen LogP contribution is 2.44. The smallest absolute Gasteiger partial charge is 0.228 e. The summed E-state index contributed by atoms with van der Waals surface area (Å²) in [6.07, 6.45) is 1.96. The molecular formula is C25H30N4O2. The second-order valence-electron chi connectivity index (χ2n) is 8.99. The van der Waals surface area contributed by atoms with Gasteiger partial charge < -0.3 is 10.6 Å². The van der Waals surface area contributed by atoms with Crippen LogP contribution < -0.4 is 21.3 Å². The van der Waals surface area contributed by atoms with Crippen LogP contribution in [0, 0.1) is 17.8 Å². The van der Waals surface area contributed by atoms with Crippen molar-refractivity contribution in [3.8, 4) is 0 Å². The van der Waals surface area contributed by atoms with E-state index < -0.39 is 0 Å². The number of fused-ring (bicyclic) bond motifs is 3. The zero-order chi connectivity index (χ0) is 21.2. The van der Waals surface area contributed by atoms with Crippen molar-refractivity contribution in [2.75, 3.05) is 13.1 Å². The van der Waals surface area contributed by atoms with Crippen LogP contribution in [0.2, 0.25) is 0 Å². The maximum Gasteiger partial charge on any atom is 0.228 e. The minimum Gasteiger partial charge on any atom is -0.328 e. The SMILES string of the molecule is O=C1CC(c2ccccc2)CC2C1CNC1NC(NCCc3ccccc3)NC(=O)C12. The van der Waals surface area contributed by atoms with E-state index in [-0.39, 0.29) is 47.8 Å². The monoisotopic (exact) mass is 418 g/mol. The van der Waals surface area contributed by atoms with Gasteiger partial charge in [0.1, 0.15) is 12.1 Å². The van der Waals surface area contributed by atoms with E-state index in [1.165, 1.54) is 11.1 Å². The molecular weight excluding hydrogens is 388 g/mol. The first-order valence-corrected chi connectivity index (χ1v) is 11.3. The van der Waals surface area contributed by atoms with Gasteiger partial charge in [0.2, 0.25) is 5.91 Å². The van der Waals surface area contributed by atoms with Crippen LogP contribution in [0.3, 0.4) is 0 Å². The van der Waals surface area contributed by atoms with Crippen molar-refractivity contribution in [2.24, 2.45) is 17.8 Å². The lowest BCUT2D eigenvalue weighted by molar-refractivity contribution is -0.142. The van der Waals surface area contributed by atoms with Gasteiger partial charge >= 0.3 is 0 Å². The topological polar surface area (TPSA) is 82.3 Å². The van der Waals surface area contributed by atoms with Crippen LogP contribution in [0.1, 0.15) is 29.9 Å². The molecule has 4 N–H and O–H groups in total. The summed E-state index contributed by atoms with van der Waals surface area (Å²) in [5.41, 5.74) is 2.47. The molecule has 2 aromatic carbocycles. The first-order valence-electron chi connectivity index (χ1n) is 11.3. The van der Waals surface area contributed by atoms with E-state index in [2.05, 4.69) is 45.5 Å². The van der Waals surface area contributed by atoms with E-state index in [1.54, 1.807) is 0 Å². The minimum absolute atomic E-state index is 0.0321. The van der Waals surface area contributed by atoms with Gasteiger partial charge in [-0.05, 0) is 35.8 Å². The fraction of sp³-hybridized carbons (Fsp3) is 0.440. The van der Waals surface area contributed by atoms with Crippen LogP contribution in [-0.2, 0) is 16.0 Å². The van der Waals surface area contributed by atoms with Crippen molar-refractivity contribution in [3.63, 3.8) is 0 Å². The van der Waals surface area contributed by atoms with Crippen molar-refractivity contribution < 1.29 is 9.59 Å². The molecule has 0 bridgehead atoms. The van der Waals surface area contributed by atoms with Crippen molar-refractivity contribution in [3.05, 3.63) is 71.8 Å². The van der Waals surface area contributed by atoms with Crippen molar-refractivity contribution in [1.82, 2.24) is 21.3 Å². The first kappa shape index (κ1) is 20.4. The highest BCUT2D eigenvalue weighted by molar-refractivity contribution is 5.87. The minimum atomic E-state index is -0.272. The summed E-state index contributed by atoms with van der Waals surface area (Å²) in [7, 11) is 0. The molecule has 5 rings (SSSR count). The Bertz CT molecular complexity index is 920. The summed E-state index contributed by atoms with van der Waals surface area (Å²) in [6.45, 7) is 1.41. The fourth-order valence-corrected chi connectivity index (χ4v) is 5.56. The van der Waals surface area contributed by atoms with Crippen molar-refractivity contribution in [2.45, 2.75) is 37.6 Å². The van der Waals surface area contributed by atoms with Gasteiger partial charge in [-0.2, -0.15) is 0 Å². The molecule has 2 aliphatic heterocycles. The van der Waals surface area contributed by atoms with E-state index in [4.69, 9.17) is 0 Å². The lowest BCUT2D eigenvalue weighted by Crippen LogP contribution is -2.74. The van der Waals surface area contributed by atoms with Gasteiger partial charge in [0.05, 0.1) is 12.1 Å². The molecule has 2 saturated heterocycles. The van der Waals surface area contributed by atoms with E-state index in [9.17, 15) is 9.59 Å². The van der Waals surface area contributed by atoms with E-state index in [0.717, 1.165) is 19.4 Å². The van der Waals surface area contributed by atoms with Crippen LogP contribution in [0.25, 0.3) is 0 Å². The molecule has 1 amide bonds. The maximum absolute atomic E-state index is 13.1. The predicted octanol–water partition coefficient (Wildman–Crippen LogP) is 1.75. The predicted molar refractivity (Wildman–Crippen MR) is 119 cm³/mol. The lowest BCUT2D eigenvalue weighted by atomic mass is 9.63. The molecule has 3 aliphatic rings. The van der Waals surface area contributed by atoms with Gasteiger partial charge in [-0.1, -0.05) is 60.7 Å². The summed E-state index contributed by atoms with van der Waals surface area (Å²) in [6, 6.07) is 20.6. The number of carbonyl (C=O) groups excluding carboxylic acids is 2. The normalized spacial score (nSPS) is 32.6. The number of hydrogen-bond donors (Lipinski definition) is 4. The Morgan fingerprint density at radius 2 is 1.71 bits per heavy atom. The van der Waals surface area contributed by atoms with Gasteiger partial charge in [0.15, 0.2) is 0 Å². The summed E-state index contributed by atoms with van der Waals surface area (Å²) < 4.78 is 0. The third kappa shape index (κ3) is 4.28. The first-order chi connectivity index (χ1) is 15.2. The number of piperidine rings is 1. The average Bonchev–Trinajstić information content (AvgIpc) is 2.80. The van der Waals surface area contributed by atoms with E-state index in [0.29, 0.717) is 13.0 Å². The highest BCUT2D eigenvalue weighted by atomic mass is 16.2. The van der Waals surface area contributed by atoms with Crippen LogP contribution in [0.15, 0.2) is 60.7 Å². The zero-order valence-corrected chi connectivity index (χ0v) is 17.6. The summed E-state index contributed by atoms with van der Waals surface area (Å²) in [4.78, 5) is 26.1.